The Morgan fingerprint density at radius 2 is 1.83 bits per heavy atom. The normalized spacial score (nSPS) is 21.9. The molecule has 0 N–H and O–H groups in total. The fraction of sp³-hybridized carbons (Fsp3) is 0.562. The molecule has 2 aliphatic carbocycles. The Hall–Kier alpha value is -1.31. The smallest absolute Gasteiger partial charge is 0.309 e. The van der Waals surface area contributed by atoms with Crippen molar-refractivity contribution in [1.29, 1.82) is 0 Å². The number of carbonyl (C=O) groups excluding carboxylic acids is 1. The van der Waals surface area contributed by atoms with Crippen molar-refractivity contribution in [1.82, 2.24) is 0 Å². The number of hydrogen-bond acceptors (Lipinski definition) is 2. The fourth-order valence-corrected chi connectivity index (χ4v) is 3.51. The van der Waals surface area contributed by atoms with Gasteiger partial charge >= 0.3 is 5.97 Å². The van der Waals surface area contributed by atoms with Crippen LogP contribution in [0.25, 0.3) is 0 Å². The minimum Gasteiger partial charge on any atom is -0.469 e. The lowest BCUT2D eigenvalue weighted by atomic mass is 9.77. The summed E-state index contributed by atoms with van der Waals surface area (Å²) in [5.74, 6) is 0.0301. The number of carbonyl (C=O) groups is 1. The highest BCUT2D eigenvalue weighted by Crippen LogP contribution is 2.33. The van der Waals surface area contributed by atoms with Crippen LogP contribution in [0.3, 0.4) is 0 Å². The topological polar surface area (TPSA) is 26.3 Å². The molecule has 1 aromatic rings. The molecule has 0 heterocycles. The first kappa shape index (κ1) is 11.8. The van der Waals surface area contributed by atoms with Crippen molar-refractivity contribution in [2.45, 2.75) is 44.9 Å². The summed E-state index contributed by atoms with van der Waals surface area (Å²) in [6.45, 7) is 0. The Morgan fingerprint density at radius 3 is 2.67 bits per heavy atom. The summed E-state index contributed by atoms with van der Waals surface area (Å²) in [6, 6.07) is 4.53. The van der Waals surface area contributed by atoms with E-state index in [9.17, 15) is 4.79 Å². The molecular formula is C16H20O2. The van der Waals surface area contributed by atoms with Crippen LogP contribution in [0.5, 0.6) is 0 Å². The molecule has 1 unspecified atom stereocenters. The van der Waals surface area contributed by atoms with E-state index in [1.54, 1.807) is 16.7 Å². The number of aryl methyl sites for hydroxylation is 1. The quantitative estimate of drug-likeness (QED) is 0.710. The monoisotopic (exact) mass is 244 g/mol. The summed E-state index contributed by atoms with van der Waals surface area (Å²) in [5.41, 5.74) is 6.09. The highest BCUT2D eigenvalue weighted by atomic mass is 16.5. The average molecular weight is 244 g/mol. The van der Waals surface area contributed by atoms with E-state index in [1.165, 1.54) is 38.4 Å². The van der Waals surface area contributed by atoms with Crippen molar-refractivity contribution in [2.75, 3.05) is 7.11 Å². The molecule has 0 saturated heterocycles. The molecule has 0 spiro atoms. The maximum Gasteiger partial charge on any atom is 0.309 e. The molecule has 0 aliphatic heterocycles. The van der Waals surface area contributed by atoms with E-state index in [0.717, 1.165) is 19.3 Å². The minimum atomic E-state index is -0.0432. The SMILES string of the molecule is COC(=O)C1CCc2c(ccc3c2CCCC3)C1. The molecule has 2 heteroatoms. The Bertz CT molecular complexity index is 476. The molecule has 0 radical (unpaired) electrons. The van der Waals surface area contributed by atoms with Gasteiger partial charge in [0.05, 0.1) is 13.0 Å². The predicted molar refractivity (Wildman–Crippen MR) is 70.6 cm³/mol. The fourth-order valence-electron chi connectivity index (χ4n) is 3.51. The van der Waals surface area contributed by atoms with Gasteiger partial charge in [-0.3, -0.25) is 4.79 Å². The minimum absolute atomic E-state index is 0.0432. The summed E-state index contributed by atoms with van der Waals surface area (Å²) < 4.78 is 4.88. The molecule has 96 valence electrons. The lowest BCUT2D eigenvalue weighted by Crippen LogP contribution is -2.25. The van der Waals surface area contributed by atoms with Crippen LogP contribution < -0.4 is 0 Å². The molecule has 1 atom stereocenters. The van der Waals surface area contributed by atoms with Gasteiger partial charge in [-0.05, 0) is 67.2 Å². The first-order chi connectivity index (χ1) is 8.79. The summed E-state index contributed by atoms with van der Waals surface area (Å²) >= 11 is 0. The molecule has 0 amide bonds. The van der Waals surface area contributed by atoms with E-state index in [-0.39, 0.29) is 11.9 Å². The molecule has 3 rings (SSSR count). The molecular weight excluding hydrogens is 224 g/mol. The van der Waals surface area contributed by atoms with Gasteiger partial charge in [0.25, 0.3) is 0 Å². The summed E-state index contributed by atoms with van der Waals surface area (Å²) in [7, 11) is 1.49. The Labute approximate surface area is 108 Å². The third-order valence-corrected chi connectivity index (χ3v) is 4.49. The number of rotatable bonds is 1. The zero-order valence-electron chi connectivity index (χ0n) is 11.0. The third-order valence-electron chi connectivity index (χ3n) is 4.49. The molecule has 0 bridgehead atoms. The number of methoxy groups -OCH3 is 1. The second-order valence-corrected chi connectivity index (χ2v) is 5.51. The lowest BCUT2D eigenvalue weighted by molar-refractivity contribution is -0.145. The number of ether oxygens (including phenoxy) is 1. The highest BCUT2D eigenvalue weighted by Gasteiger charge is 2.27. The van der Waals surface area contributed by atoms with Gasteiger partial charge in [-0.25, -0.2) is 0 Å². The van der Waals surface area contributed by atoms with Gasteiger partial charge in [-0.1, -0.05) is 12.1 Å². The van der Waals surface area contributed by atoms with Crippen molar-refractivity contribution < 1.29 is 9.53 Å². The zero-order chi connectivity index (χ0) is 12.5. The third kappa shape index (κ3) is 1.94. The maximum atomic E-state index is 11.6. The molecule has 18 heavy (non-hydrogen) atoms. The highest BCUT2D eigenvalue weighted by molar-refractivity contribution is 5.73. The van der Waals surface area contributed by atoms with Crippen LogP contribution in [0.1, 0.15) is 41.5 Å². The van der Waals surface area contributed by atoms with Crippen LogP contribution in [0.2, 0.25) is 0 Å². The number of fused-ring (bicyclic) bond motifs is 3. The van der Waals surface area contributed by atoms with E-state index in [4.69, 9.17) is 4.74 Å². The van der Waals surface area contributed by atoms with Crippen LogP contribution >= 0.6 is 0 Å². The van der Waals surface area contributed by atoms with Crippen LogP contribution in [0.4, 0.5) is 0 Å². The number of hydrogen-bond donors (Lipinski definition) is 0. The van der Waals surface area contributed by atoms with Crippen molar-refractivity contribution in [2.24, 2.45) is 5.92 Å². The standard InChI is InChI=1S/C16H20O2/c1-18-16(17)13-8-9-15-12(10-13)7-6-11-4-2-3-5-14(11)15/h6-7,13H,2-5,8-10H2,1H3. The Kier molecular flexibility index (Phi) is 3.11. The lowest BCUT2D eigenvalue weighted by Gasteiger charge is -2.28. The van der Waals surface area contributed by atoms with Crippen LogP contribution in [0.15, 0.2) is 12.1 Å². The second kappa shape index (κ2) is 4.75. The van der Waals surface area contributed by atoms with E-state index < -0.39 is 0 Å². The van der Waals surface area contributed by atoms with E-state index >= 15 is 0 Å². The summed E-state index contributed by atoms with van der Waals surface area (Å²) in [5, 5.41) is 0. The first-order valence-corrected chi connectivity index (χ1v) is 7.00. The number of esters is 1. The molecule has 0 fully saturated rings. The van der Waals surface area contributed by atoms with Crippen molar-refractivity contribution >= 4 is 5.97 Å². The molecule has 2 nitrogen and oxygen atoms in total. The molecule has 2 aliphatic rings. The zero-order valence-corrected chi connectivity index (χ0v) is 11.0. The number of benzene rings is 1. The van der Waals surface area contributed by atoms with Crippen LogP contribution in [-0.2, 0) is 35.2 Å². The van der Waals surface area contributed by atoms with Gasteiger partial charge in [0.15, 0.2) is 0 Å². The van der Waals surface area contributed by atoms with Gasteiger partial charge < -0.3 is 4.74 Å². The van der Waals surface area contributed by atoms with Crippen LogP contribution in [-0.4, -0.2) is 13.1 Å². The Balaban J connectivity index is 1.91. The van der Waals surface area contributed by atoms with Gasteiger partial charge in [-0.15, -0.1) is 0 Å². The van der Waals surface area contributed by atoms with E-state index in [2.05, 4.69) is 12.1 Å². The van der Waals surface area contributed by atoms with Gasteiger partial charge in [0.2, 0.25) is 0 Å². The predicted octanol–water partition coefficient (Wildman–Crippen LogP) is 2.84. The van der Waals surface area contributed by atoms with Gasteiger partial charge in [0.1, 0.15) is 0 Å². The molecule has 0 aromatic heterocycles. The van der Waals surface area contributed by atoms with Crippen molar-refractivity contribution in [3.05, 3.63) is 34.4 Å². The summed E-state index contributed by atoms with van der Waals surface area (Å²) in [4.78, 5) is 11.6. The van der Waals surface area contributed by atoms with Crippen molar-refractivity contribution in [3.8, 4) is 0 Å². The van der Waals surface area contributed by atoms with E-state index in [1.807, 2.05) is 0 Å². The largest absolute Gasteiger partial charge is 0.469 e. The summed E-state index contributed by atoms with van der Waals surface area (Å²) in [6.07, 6.45) is 8.01. The molecule has 0 saturated carbocycles. The van der Waals surface area contributed by atoms with Gasteiger partial charge in [0, 0.05) is 0 Å². The molecule has 1 aromatic carbocycles. The Morgan fingerprint density at radius 1 is 1.11 bits per heavy atom. The maximum absolute atomic E-state index is 11.6. The second-order valence-electron chi connectivity index (χ2n) is 5.51. The van der Waals surface area contributed by atoms with Crippen molar-refractivity contribution in [3.63, 3.8) is 0 Å². The average Bonchev–Trinajstić information content (AvgIpc) is 2.45. The van der Waals surface area contributed by atoms with Crippen LogP contribution in [0, 0.1) is 5.92 Å². The first-order valence-electron chi connectivity index (χ1n) is 7.00. The van der Waals surface area contributed by atoms with Gasteiger partial charge in [-0.2, -0.15) is 0 Å². The van der Waals surface area contributed by atoms with E-state index in [0.29, 0.717) is 0 Å².